The molecule has 5 heteroatoms. The predicted molar refractivity (Wildman–Crippen MR) is 51.2 cm³/mol. The Kier molecular flexibility index (Phi) is 1.98. The molecular formula is C9H7N3O2. The Morgan fingerprint density at radius 3 is 2.86 bits per heavy atom. The lowest BCUT2D eigenvalue weighted by molar-refractivity contribution is 0.210. The largest absolute Gasteiger partial charge is 0.465 e. The maximum Gasteiger partial charge on any atom is 0.409 e. The minimum atomic E-state index is -1.11. The molecule has 0 saturated carbocycles. The van der Waals surface area contributed by atoms with Gasteiger partial charge in [0.15, 0.2) is 0 Å². The van der Waals surface area contributed by atoms with E-state index in [1.807, 2.05) is 0 Å². The van der Waals surface area contributed by atoms with Gasteiger partial charge >= 0.3 is 6.09 Å². The van der Waals surface area contributed by atoms with Gasteiger partial charge in [-0.3, -0.25) is 15.3 Å². The first-order chi connectivity index (χ1) is 6.77. The Hall–Kier alpha value is -2.17. The van der Waals surface area contributed by atoms with Crippen LogP contribution in [-0.4, -0.2) is 21.2 Å². The van der Waals surface area contributed by atoms with Crippen molar-refractivity contribution in [2.75, 3.05) is 5.32 Å². The second-order valence-corrected chi connectivity index (χ2v) is 2.66. The van der Waals surface area contributed by atoms with E-state index in [0.29, 0.717) is 16.7 Å². The number of benzene rings is 1. The number of anilines is 1. The summed E-state index contributed by atoms with van der Waals surface area (Å²) in [5.74, 6) is 0. The highest BCUT2D eigenvalue weighted by molar-refractivity contribution is 5.95. The standard InChI is InChI=1S/C9H7N3O2/c13-9(14)12-7-3-1-2-6-8(7)11-5-4-10-6/h1-5,12H,(H,13,14). The Morgan fingerprint density at radius 2 is 2.07 bits per heavy atom. The number of amides is 1. The molecule has 0 fully saturated rings. The second-order valence-electron chi connectivity index (χ2n) is 2.66. The molecule has 2 rings (SSSR count). The normalized spacial score (nSPS) is 10.0. The van der Waals surface area contributed by atoms with E-state index in [4.69, 9.17) is 5.11 Å². The highest BCUT2D eigenvalue weighted by Crippen LogP contribution is 2.18. The number of para-hydroxylation sites is 1. The molecule has 2 N–H and O–H groups in total. The van der Waals surface area contributed by atoms with Crippen molar-refractivity contribution in [2.24, 2.45) is 0 Å². The van der Waals surface area contributed by atoms with Gasteiger partial charge in [-0.25, -0.2) is 4.79 Å². The highest BCUT2D eigenvalue weighted by atomic mass is 16.4. The fourth-order valence-corrected chi connectivity index (χ4v) is 1.21. The lowest BCUT2D eigenvalue weighted by Crippen LogP contribution is -2.07. The molecule has 0 radical (unpaired) electrons. The molecule has 0 aliphatic carbocycles. The third kappa shape index (κ3) is 1.47. The average molecular weight is 189 g/mol. The first kappa shape index (κ1) is 8.43. The summed E-state index contributed by atoms with van der Waals surface area (Å²) in [6.07, 6.45) is 1.98. The van der Waals surface area contributed by atoms with Crippen LogP contribution < -0.4 is 5.32 Å². The topological polar surface area (TPSA) is 75.1 Å². The number of nitrogens with one attached hydrogen (secondary N) is 1. The SMILES string of the molecule is O=C(O)Nc1cccc2nccnc12. The molecule has 2 aromatic rings. The highest BCUT2D eigenvalue weighted by Gasteiger charge is 2.04. The van der Waals surface area contributed by atoms with Gasteiger partial charge in [-0.1, -0.05) is 6.07 Å². The molecule has 70 valence electrons. The maximum absolute atomic E-state index is 10.5. The molecule has 1 aromatic heterocycles. The van der Waals surface area contributed by atoms with Crippen LogP contribution in [0.1, 0.15) is 0 Å². The molecule has 1 heterocycles. The molecule has 0 aliphatic rings. The first-order valence-corrected chi connectivity index (χ1v) is 3.97. The van der Waals surface area contributed by atoms with Gasteiger partial charge in [-0.05, 0) is 12.1 Å². The van der Waals surface area contributed by atoms with Gasteiger partial charge in [0.05, 0.1) is 11.2 Å². The fourth-order valence-electron chi connectivity index (χ4n) is 1.21. The van der Waals surface area contributed by atoms with Gasteiger partial charge in [0, 0.05) is 12.4 Å². The third-order valence-corrected chi connectivity index (χ3v) is 1.74. The molecule has 0 unspecified atom stereocenters. The van der Waals surface area contributed by atoms with Crippen molar-refractivity contribution in [1.82, 2.24) is 9.97 Å². The first-order valence-electron chi connectivity index (χ1n) is 3.97. The van der Waals surface area contributed by atoms with Gasteiger partial charge in [0.2, 0.25) is 0 Å². The van der Waals surface area contributed by atoms with Crippen LogP contribution in [0.5, 0.6) is 0 Å². The number of rotatable bonds is 1. The summed E-state index contributed by atoms with van der Waals surface area (Å²) in [5, 5.41) is 10.8. The van der Waals surface area contributed by atoms with E-state index in [1.54, 1.807) is 24.4 Å². The number of fused-ring (bicyclic) bond motifs is 1. The van der Waals surface area contributed by atoms with Crippen LogP contribution in [0.3, 0.4) is 0 Å². The predicted octanol–water partition coefficient (Wildman–Crippen LogP) is 1.72. The van der Waals surface area contributed by atoms with Crippen molar-refractivity contribution in [3.05, 3.63) is 30.6 Å². The number of carbonyl (C=O) groups is 1. The van der Waals surface area contributed by atoms with Crippen LogP contribution >= 0.6 is 0 Å². The van der Waals surface area contributed by atoms with Crippen molar-refractivity contribution in [1.29, 1.82) is 0 Å². The van der Waals surface area contributed by atoms with Gasteiger partial charge in [0.1, 0.15) is 5.52 Å². The minimum absolute atomic E-state index is 0.447. The summed E-state index contributed by atoms with van der Waals surface area (Å²) in [5.41, 5.74) is 1.67. The summed E-state index contributed by atoms with van der Waals surface area (Å²) >= 11 is 0. The average Bonchev–Trinajstić information content (AvgIpc) is 2.18. The Balaban J connectivity index is 2.59. The molecule has 14 heavy (non-hydrogen) atoms. The summed E-state index contributed by atoms with van der Waals surface area (Å²) in [4.78, 5) is 18.6. The van der Waals surface area contributed by atoms with E-state index in [0.717, 1.165) is 0 Å². The van der Waals surface area contributed by atoms with Gasteiger partial charge in [-0.2, -0.15) is 0 Å². The van der Waals surface area contributed by atoms with Gasteiger partial charge in [0.25, 0.3) is 0 Å². The molecule has 1 amide bonds. The van der Waals surface area contributed by atoms with E-state index in [-0.39, 0.29) is 0 Å². The Morgan fingerprint density at radius 1 is 1.29 bits per heavy atom. The van der Waals surface area contributed by atoms with Crippen LogP contribution in [0.15, 0.2) is 30.6 Å². The summed E-state index contributed by atoms with van der Waals surface area (Å²) in [6, 6.07) is 5.14. The quantitative estimate of drug-likeness (QED) is 0.716. The Labute approximate surface area is 79.4 Å². The van der Waals surface area contributed by atoms with Crippen LogP contribution in [0.4, 0.5) is 10.5 Å². The summed E-state index contributed by atoms with van der Waals surface area (Å²) in [6.45, 7) is 0. The van der Waals surface area contributed by atoms with Crippen LogP contribution in [0, 0.1) is 0 Å². The van der Waals surface area contributed by atoms with Crippen LogP contribution in [0.25, 0.3) is 11.0 Å². The molecule has 0 bridgehead atoms. The fraction of sp³-hybridized carbons (Fsp3) is 0. The zero-order valence-corrected chi connectivity index (χ0v) is 7.14. The molecular weight excluding hydrogens is 182 g/mol. The molecule has 5 nitrogen and oxygen atoms in total. The molecule has 0 spiro atoms. The van der Waals surface area contributed by atoms with Crippen molar-refractivity contribution < 1.29 is 9.90 Å². The van der Waals surface area contributed by atoms with Crippen molar-refractivity contribution in [2.45, 2.75) is 0 Å². The third-order valence-electron chi connectivity index (χ3n) is 1.74. The van der Waals surface area contributed by atoms with Crippen LogP contribution in [0.2, 0.25) is 0 Å². The lowest BCUT2D eigenvalue weighted by Gasteiger charge is -2.03. The lowest BCUT2D eigenvalue weighted by atomic mass is 10.2. The number of carboxylic acid groups (broad SMARTS) is 1. The van der Waals surface area contributed by atoms with E-state index >= 15 is 0 Å². The summed E-state index contributed by atoms with van der Waals surface area (Å²) < 4.78 is 0. The van der Waals surface area contributed by atoms with Gasteiger partial charge < -0.3 is 5.11 Å². The van der Waals surface area contributed by atoms with E-state index in [9.17, 15) is 4.79 Å². The van der Waals surface area contributed by atoms with Crippen molar-refractivity contribution >= 4 is 22.8 Å². The van der Waals surface area contributed by atoms with Gasteiger partial charge in [-0.15, -0.1) is 0 Å². The molecule has 1 aromatic carbocycles. The van der Waals surface area contributed by atoms with Crippen molar-refractivity contribution in [3.63, 3.8) is 0 Å². The number of aromatic nitrogens is 2. The Bertz CT molecular complexity index is 479. The monoisotopic (exact) mass is 189 g/mol. The number of nitrogens with zero attached hydrogens (tertiary/aromatic N) is 2. The zero-order chi connectivity index (χ0) is 9.97. The van der Waals surface area contributed by atoms with E-state index < -0.39 is 6.09 Å². The van der Waals surface area contributed by atoms with Crippen LogP contribution in [-0.2, 0) is 0 Å². The van der Waals surface area contributed by atoms with E-state index in [1.165, 1.54) is 6.20 Å². The number of hydrogen-bond donors (Lipinski definition) is 2. The number of hydrogen-bond acceptors (Lipinski definition) is 3. The molecule has 0 atom stereocenters. The second kappa shape index (κ2) is 3.29. The smallest absolute Gasteiger partial charge is 0.409 e. The zero-order valence-electron chi connectivity index (χ0n) is 7.14. The summed E-state index contributed by atoms with van der Waals surface area (Å²) in [7, 11) is 0. The molecule has 0 saturated heterocycles. The van der Waals surface area contributed by atoms with E-state index in [2.05, 4.69) is 15.3 Å². The minimum Gasteiger partial charge on any atom is -0.465 e. The molecule has 0 aliphatic heterocycles. The maximum atomic E-state index is 10.5. The van der Waals surface area contributed by atoms with Crippen molar-refractivity contribution in [3.8, 4) is 0 Å².